The highest BCUT2D eigenvalue weighted by molar-refractivity contribution is 5.64. The third-order valence-electron chi connectivity index (χ3n) is 3.08. The first-order valence-corrected chi connectivity index (χ1v) is 6.12. The maximum absolute atomic E-state index is 5.74. The summed E-state index contributed by atoms with van der Waals surface area (Å²) in [5.74, 6) is 2.43. The van der Waals surface area contributed by atoms with Gasteiger partial charge in [-0.15, -0.1) is 0 Å². The van der Waals surface area contributed by atoms with Gasteiger partial charge in [-0.05, 0) is 19.1 Å². The molecule has 100 valence electrons. The normalized spacial score (nSPS) is 17.1. The fraction of sp³-hybridized carbons (Fsp3) is 0.385. The number of rotatable bonds is 3. The molecule has 1 atom stereocenters. The highest BCUT2D eigenvalue weighted by Crippen LogP contribution is 2.40. The van der Waals surface area contributed by atoms with Gasteiger partial charge in [0.2, 0.25) is 11.7 Å². The van der Waals surface area contributed by atoms with Crippen LogP contribution in [0.1, 0.15) is 18.4 Å². The van der Waals surface area contributed by atoms with Crippen LogP contribution in [0, 0.1) is 0 Å². The Bertz CT molecular complexity index is 609. The zero-order valence-corrected chi connectivity index (χ0v) is 10.8. The van der Waals surface area contributed by atoms with Crippen molar-refractivity contribution in [1.82, 2.24) is 10.1 Å². The summed E-state index contributed by atoms with van der Waals surface area (Å²) < 4.78 is 16.1. The van der Waals surface area contributed by atoms with Crippen molar-refractivity contribution in [2.75, 3.05) is 7.11 Å². The Morgan fingerprint density at radius 2 is 2.32 bits per heavy atom. The maximum atomic E-state index is 5.74. The molecule has 19 heavy (non-hydrogen) atoms. The number of aromatic nitrogens is 2. The van der Waals surface area contributed by atoms with Gasteiger partial charge in [-0.2, -0.15) is 4.98 Å². The number of hydrogen-bond acceptors (Lipinski definition) is 6. The Morgan fingerprint density at radius 1 is 1.47 bits per heavy atom. The first-order valence-electron chi connectivity index (χ1n) is 6.12. The molecule has 0 spiro atoms. The molecule has 0 aliphatic carbocycles. The number of nitrogens with zero attached hydrogens (tertiary/aromatic N) is 2. The van der Waals surface area contributed by atoms with Crippen LogP contribution in [0.2, 0.25) is 0 Å². The molecule has 0 fully saturated rings. The first-order chi connectivity index (χ1) is 9.21. The lowest BCUT2D eigenvalue weighted by molar-refractivity contribution is 0.243. The minimum Gasteiger partial charge on any atom is -0.493 e. The predicted octanol–water partition coefficient (Wildman–Crippen LogP) is 1.53. The number of ether oxygens (including phenoxy) is 2. The topological polar surface area (TPSA) is 83.4 Å². The highest BCUT2D eigenvalue weighted by Gasteiger charge is 2.25. The van der Waals surface area contributed by atoms with Crippen LogP contribution >= 0.6 is 0 Å². The Kier molecular flexibility index (Phi) is 2.87. The van der Waals surface area contributed by atoms with Gasteiger partial charge in [0.25, 0.3) is 0 Å². The van der Waals surface area contributed by atoms with Crippen LogP contribution < -0.4 is 15.2 Å². The summed E-state index contributed by atoms with van der Waals surface area (Å²) in [6, 6.07) is 3.86. The average Bonchev–Trinajstić information content (AvgIpc) is 3.02. The van der Waals surface area contributed by atoms with Gasteiger partial charge in [0, 0.05) is 17.5 Å². The van der Waals surface area contributed by atoms with Gasteiger partial charge in [0.05, 0.1) is 13.7 Å². The van der Waals surface area contributed by atoms with Crippen molar-refractivity contribution in [3.8, 4) is 22.9 Å². The molecule has 1 aliphatic heterocycles. The van der Waals surface area contributed by atoms with Gasteiger partial charge >= 0.3 is 0 Å². The third-order valence-corrected chi connectivity index (χ3v) is 3.08. The lowest BCUT2D eigenvalue weighted by Crippen LogP contribution is -2.05. The van der Waals surface area contributed by atoms with Gasteiger partial charge in [0.15, 0.2) is 11.5 Å². The van der Waals surface area contributed by atoms with Crippen molar-refractivity contribution >= 4 is 0 Å². The molecule has 1 aromatic heterocycles. The van der Waals surface area contributed by atoms with Gasteiger partial charge in [-0.3, -0.25) is 0 Å². The smallest absolute Gasteiger partial charge is 0.240 e. The second-order valence-electron chi connectivity index (χ2n) is 4.52. The largest absolute Gasteiger partial charge is 0.493 e. The van der Waals surface area contributed by atoms with Gasteiger partial charge in [0.1, 0.15) is 6.10 Å². The van der Waals surface area contributed by atoms with Crippen molar-refractivity contribution in [1.29, 1.82) is 0 Å². The van der Waals surface area contributed by atoms with Crippen LogP contribution in [0.15, 0.2) is 16.7 Å². The molecule has 1 aromatic carbocycles. The summed E-state index contributed by atoms with van der Waals surface area (Å²) in [7, 11) is 1.62. The lowest BCUT2D eigenvalue weighted by atomic mass is 10.1. The highest BCUT2D eigenvalue weighted by atomic mass is 16.5. The Hall–Kier alpha value is -2.08. The average molecular weight is 261 g/mol. The molecule has 2 N–H and O–H groups in total. The Labute approximate surface area is 110 Å². The van der Waals surface area contributed by atoms with Gasteiger partial charge in [-0.1, -0.05) is 5.16 Å². The van der Waals surface area contributed by atoms with Crippen molar-refractivity contribution in [3.05, 3.63) is 23.6 Å². The van der Waals surface area contributed by atoms with Crippen molar-refractivity contribution in [2.45, 2.75) is 26.0 Å². The van der Waals surface area contributed by atoms with Crippen molar-refractivity contribution in [2.24, 2.45) is 5.73 Å². The molecule has 2 heterocycles. The van der Waals surface area contributed by atoms with E-state index in [-0.39, 0.29) is 12.6 Å². The zero-order chi connectivity index (χ0) is 13.4. The van der Waals surface area contributed by atoms with E-state index in [1.807, 2.05) is 19.1 Å². The minimum atomic E-state index is 0.157. The molecule has 6 nitrogen and oxygen atoms in total. The second kappa shape index (κ2) is 4.55. The first kappa shape index (κ1) is 12.0. The van der Waals surface area contributed by atoms with Gasteiger partial charge < -0.3 is 19.7 Å². The molecule has 1 aliphatic rings. The van der Waals surface area contributed by atoms with E-state index in [1.165, 1.54) is 0 Å². The third kappa shape index (κ3) is 2.04. The molecule has 0 saturated heterocycles. The fourth-order valence-electron chi connectivity index (χ4n) is 2.23. The van der Waals surface area contributed by atoms with Crippen LogP contribution in [-0.4, -0.2) is 23.4 Å². The number of methoxy groups -OCH3 is 1. The summed E-state index contributed by atoms with van der Waals surface area (Å²) in [6.45, 7) is 2.26. The SMILES string of the molecule is COc1cc(-c2noc(CN)n2)cc2c1OC(C)C2. The van der Waals surface area contributed by atoms with E-state index in [4.69, 9.17) is 19.7 Å². The molecule has 0 amide bonds. The van der Waals surface area contributed by atoms with E-state index in [1.54, 1.807) is 7.11 Å². The summed E-state index contributed by atoms with van der Waals surface area (Å²) >= 11 is 0. The molecule has 3 rings (SSSR count). The molecule has 0 radical (unpaired) electrons. The van der Waals surface area contributed by atoms with Crippen molar-refractivity contribution < 1.29 is 14.0 Å². The maximum Gasteiger partial charge on any atom is 0.240 e. The molecule has 6 heteroatoms. The fourth-order valence-corrected chi connectivity index (χ4v) is 2.23. The predicted molar refractivity (Wildman–Crippen MR) is 68.0 cm³/mol. The molecule has 0 saturated carbocycles. The zero-order valence-electron chi connectivity index (χ0n) is 10.8. The Morgan fingerprint density at radius 3 is 3.00 bits per heavy atom. The van der Waals surface area contributed by atoms with Crippen LogP contribution in [0.4, 0.5) is 0 Å². The monoisotopic (exact) mass is 261 g/mol. The molecular weight excluding hydrogens is 246 g/mol. The van der Waals surface area contributed by atoms with Crippen LogP contribution in [0.5, 0.6) is 11.5 Å². The van der Waals surface area contributed by atoms with Crippen LogP contribution in [0.25, 0.3) is 11.4 Å². The molecule has 0 bridgehead atoms. The van der Waals surface area contributed by atoms with E-state index < -0.39 is 0 Å². The lowest BCUT2D eigenvalue weighted by Gasteiger charge is -2.09. The molecule has 2 aromatic rings. The number of benzene rings is 1. The van der Waals surface area contributed by atoms with E-state index in [0.717, 1.165) is 23.3 Å². The van der Waals surface area contributed by atoms with Crippen molar-refractivity contribution in [3.63, 3.8) is 0 Å². The number of fused-ring (bicyclic) bond motifs is 1. The summed E-state index contributed by atoms with van der Waals surface area (Å²) in [4.78, 5) is 4.22. The summed E-state index contributed by atoms with van der Waals surface area (Å²) in [5.41, 5.74) is 7.41. The van der Waals surface area contributed by atoms with Crippen LogP contribution in [0.3, 0.4) is 0 Å². The summed E-state index contributed by atoms with van der Waals surface area (Å²) in [5, 5.41) is 3.91. The quantitative estimate of drug-likeness (QED) is 0.902. The number of hydrogen-bond donors (Lipinski definition) is 1. The molecule has 1 unspecified atom stereocenters. The minimum absolute atomic E-state index is 0.157. The summed E-state index contributed by atoms with van der Waals surface area (Å²) in [6.07, 6.45) is 1.00. The Balaban J connectivity index is 2.06. The van der Waals surface area contributed by atoms with E-state index in [2.05, 4.69) is 10.1 Å². The number of nitrogens with two attached hydrogens (primary N) is 1. The second-order valence-corrected chi connectivity index (χ2v) is 4.52. The van der Waals surface area contributed by atoms with Gasteiger partial charge in [-0.25, -0.2) is 0 Å². The van der Waals surface area contributed by atoms with E-state index in [9.17, 15) is 0 Å². The standard InChI is InChI=1S/C13H15N3O3/c1-7-3-8-4-9(5-10(17-2)12(8)18-7)13-15-11(6-14)19-16-13/h4-5,7H,3,6,14H2,1-2H3. The molecular formula is C13H15N3O3. The van der Waals surface area contributed by atoms with E-state index in [0.29, 0.717) is 17.5 Å². The van der Waals surface area contributed by atoms with Crippen LogP contribution in [-0.2, 0) is 13.0 Å². The van der Waals surface area contributed by atoms with E-state index >= 15 is 0 Å².